The van der Waals surface area contributed by atoms with E-state index in [1.165, 1.54) is 11.3 Å². The van der Waals surface area contributed by atoms with E-state index in [0.29, 0.717) is 0 Å². The van der Waals surface area contributed by atoms with E-state index in [2.05, 4.69) is 56.0 Å². The zero-order valence-corrected chi connectivity index (χ0v) is 11.4. The van der Waals surface area contributed by atoms with E-state index < -0.39 is 0 Å². The molecule has 0 spiro atoms. The molecule has 0 radical (unpaired) electrons. The number of nitrogens with zero attached hydrogens (tertiary/aromatic N) is 2. The van der Waals surface area contributed by atoms with Crippen LogP contribution in [-0.4, -0.2) is 13.1 Å². The van der Waals surface area contributed by atoms with Crippen LogP contribution in [0.25, 0.3) is 0 Å². The number of anilines is 1. The summed E-state index contributed by atoms with van der Waals surface area (Å²) in [6, 6.07) is 10.8. The standard InChI is InChI=1S/C16H20N2/c1-16(2,3)14-6-4-5-7-15(14)18-10-8-13(12-17)9-11-18/h4-8H,9-11H2,1-3H3. The number of hydrogen-bond donors (Lipinski definition) is 0. The Morgan fingerprint density at radius 2 is 1.94 bits per heavy atom. The van der Waals surface area contributed by atoms with Crippen molar-refractivity contribution in [2.45, 2.75) is 32.6 Å². The molecule has 2 rings (SSSR count). The Morgan fingerprint density at radius 3 is 2.50 bits per heavy atom. The highest BCUT2D eigenvalue weighted by molar-refractivity contribution is 5.57. The van der Waals surface area contributed by atoms with Crippen molar-refractivity contribution in [2.24, 2.45) is 0 Å². The topological polar surface area (TPSA) is 27.0 Å². The fourth-order valence-corrected chi connectivity index (χ4v) is 2.37. The molecule has 2 nitrogen and oxygen atoms in total. The number of para-hydroxylation sites is 1. The molecule has 0 N–H and O–H groups in total. The number of nitriles is 1. The van der Waals surface area contributed by atoms with Crippen LogP contribution in [-0.2, 0) is 5.41 Å². The summed E-state index contributed by atoms with van der Waals surface area (Å²) in [6.45, 7) is 8.51. The lowest BCUT2D eigenvalue weighted by atomic mass is 9.85. The normalized spacial score (nSPS) is 16.1. The molecule has 18 heavy (non-hydrogen) atoms. The molecular formula is C16H20N2. The van der Waals surface area contributed by atoms with Gasteiger partial charge in [-0.3, -0.25) is 0 Å². The Kier molecular flexibility index (Phi) is 3.43. The molecule has 1 aromatic carbocycles. The van der Waals surface area contributed by atoms with Gasteiger partial charge in [-0.15, -0.1) is 0 Å². The largest absolute Gasteiger partial charge is 0.367 e. The maximum atomic E-state index is 8.89. The Bertz CT molecular complexity index is 501. The van der Waals surface area contributed by atoms with E-state index in [0.717, 1.165) is 25.1 Å². The average molecular weight is 240 g/mol. The Morgan fingerprint density at radius 1 is 1.22 bits per heavy atom. The summed E-state index contributed by atoms with van der Waals surface area (Å²) in [5, 5.41) is 8.89. The summed E-state index contributed by atoms with van der Waals surface area (Å²) in [6.07, 6.45) is 2.90. The van der Waals surface area contributed by atoms with Crippen LogP contribution in [0, 0.1) is 11.3 Å². The molecule has 1 aromatic rings. The van der Waals surface area contributed by atoms with Crippen molar-refractivity contribution in [3.8, 4) is 6.07 Å². The molecule has 0 aliphatic carbocycles. The summed E-state index contributed by atoms with van der Waals surface area (Å²) in [5.74, 6) is 0. The van der Waals surface area contributed by atoms with Crippen molar-refractivity contribution in [3.05, 3.63) is 41.5 Å². The van der Waals surface area contributed by atoms with Crippen LogP contribution in [0.3, 0.4) is 0 Å². The molecule has 1 heterocycles. The molecule has 0 aromatic heterocycles. The van der Waals surface area contributed by atoms with Crippen molar-refractivity contribution in [3.63, 3.8) is 0 Å². The second-order valence-electron chi connectivity index (χ2n) is 5.80. The van der Waals surface area contributed by atoms with Crippen LogP contribution in [0.5, 0.6) is 0 Å². The first-order valence-electron chi connectivity index (χ1n) is 6.46. The van der Waals surface area contributed by atoms with Crippen LogP contribution in [0.1, 0.15) is 32.8 Å². The summed E-state index contributed by atoms with van der Waals surface area (Å²) in [5.41, 5.74) is 3.74. The van der Waals surface area contributed by atoms with Crippen LogP contribution in [0.4, 0.5) is 5.69 Å². The van der Waals surface area contributed by atoms with Crippen molar-refractivity contribution in [1.29, 1.82) is 5.26 Å². The fraction of sp³-hybridized carbons (Fsp3) is 0.438. The van der Waals surface area contributed by atoms with Crippen LogP contribution < -0.4 is 4.90 Å². The second kappa shape index (κ2) is 4.86. The molecule has 0 fully saturated rings. The molecule has 0 saturated carbocycles. The van der Waals surface area contributed by atoms with Gasteiger partial charge in [-0.2, -0.15) is 5.26 Å². The van der Waals surface area contributed by atoms with Gasteiger partial charge in [0, 0.05) is 24.4 Å². The molecule has 1 aliphatic rings. The van der Waals surface area contributed by atoms with Gasteiger partial charge in [0.1, 0.15) is 0 Å². The van der Waals surface area contributed by atoms with Gasteiger partial charge in [0.15, 0.2) is 0 Å². The fourth-order valence-electron chi connectivity index (χ4n) is 2.37. The minimum absolute atomic E-state index is 0.149. The maximum absolute atomic E-state index is 8.89. The van der Waals surface area contributed by atoms with E-state index in [-0.39, 0.29) is 5.41 Å². The Labute approximate surface area is 110 Å². The molecule has 0 bridgehead atoms. The first-order chi connectivity index (χ1) is 8.52. The number of benzene rings is 1. The highest BCUT2D eigenvalue weighted by Gasteiger charge is 2.21. The lowest BCUT2D eigenvalue weighted by molar-refractivity contribution is 0.587. The minimum Gasteiger partial charge on any atom is -0.367 e. The number of rotatable bonds is 1. The molecule has 0 saturated heterocycles. The van der Waals surface area contributed by atoms with Gasteiger partial charge in [-0.25, -0.2) is 0 Å². The van der Waals surface area contributed by atoms with Crippen LogP contribution in [0.15, 0.2) is 35.9 Å². The van der Waals surface area contributed by atoms with Gasteiger partial charge in [0.05, 0.1) is 6.07 Å². The smallest absolute Gasteiger partial charge is 0.0945 e. The highest BCUT2D eigenvalue weighted by atomic mass is 15.1. The summed E-state index contributed by atoms with van der Waals surface area (Å²) < 4.78 is 0. The molecule has 0 unspecified atom stereocenters. The van der Waals surface area contributed by atoms with Gasteiger partial charge in [-0.1, -0.05) is 45.0 Å². The van der Waals surface area contributed by atoms with Crippen molar-refractivity contribution < 1.29 is 0 Å². The molecule has 0 atom stereocenters. The van der Waals surface area contributed by atoms with Crippen molar-refractivity contribution in [1.82, 2.24) is 0 Å². The monoisotopic (exact) mass is 240 g/mol. The van der Waals surface area contributed by atoms with E-state index in [4.69, 9.17) is 5.26 Å². The first-order valence-corrected chi connectivity index (χ1v) is 6.46. The van der Waals surface area contributed by atoms with E-state index >= 15 is 0 Å². The zero-order chi connectivity index (χ0) is 13.2. The summed E-state index contributed by atoms with van der Waals surface area (Å²) >= 11 is 0. The molecular weight excluding hydrogens is 220 g/mol. The Balaban J connectivity index is 2.31. The maximum Gasteiger partial charge on any atom is 0.0945 e. The second-order valence-corrected chi connectivity index (χ2v) is 5.80. The highest BCUT2D eigenvalue weighted by Crippen LogP contribution is 2.32. The van der Waals surface area contributed by atoms with Crippen molar-refractivity contribution >= 4 is 5.69 Å². The quantitative estimate of drug-likeness (QED) is 0.749. The van der Waals surface area contributed by atoms with Gasteiger partial charge < -0.3 is 4.90 Å². The first kappa shape index (κ1) is 12.7. The van der Waals surface area contributed by atoms with Gasteiger partial charge in [-0.05, 0) is 23.5 Å². The van der Waals surface area contributed by atoms with Crippen molar-refractivity contribution in [2.75, 3.05) is 18.0 Å². The third-order valence-electron chi connectivity index (χ3n) is 3.41. The van der Waals surface area contributed by atoms with E-state index in [1.807, 2.05) is 6.08 Å². The number of hydrogen-bond acceptors (Lipinski definition) is 2. The van der Waals surface area contributed by atoms with Crippen LogP contribution >= 0.6 is 0 Å². The molecule has 1 aliphatic heterocycles. The summed E-state index contributed by atoms with van der Waals surface area (Å²) in [4.78, 5) is 2.36. The SMILES string of the molecule is CC(C)(C)c1ccccc1N1CC=C(C#N)CC1. The third-order valence-corrected chi connectivity index (χ3v) is 3.41. The van der Waals surface area contributed by atoms with Gasteiger partial charge in [0.2, 0.25) is 0 Å². The van der Waals surface area contributed by atoms with Crippen LogP contribution in [0.2, 0.25) is 0 Å². The molecule has 0 amide bonds. The third kappa shape index (κ3) is 2.56. The lowest BCUT2D eigenvalue weighted by Gasteiger charge is -2.32. The molecule has 94 valence electrons. The Hall–Kier alpha value is -1.75. The van der Waals surface area contributed by atoms with E-state index in [9.17, 15) is 0 Å². The summed E-state index contributed by atoms with van der Waals surface area (Å²) in [7, 11) is 0. The van der Waals surface area contributed by atoms with Gasteiger partial charge >= 0.3 is 0 Å². The predicted molar refractivity (Wildman–Crippen MR) is 75.7 cm³/mol. The minimum atomic E-state index is 0.149. The lowest BCUT2D eigenvalue weighted by Crippen LogP contribution is -2.30. The predicted octanol–water partition coefficient (Wildman–Crippen LogP) is 3.64. The van der Waals surface area contributed by atoms with Gasteiger partial charge in [0.25, 0.3) is 0 Å². The van der Waals surface area contributed by atoms with E-state index in [1.54, 1.807) is 0 Å². The average Bonchev–Trinajstić information content (AvgIpc) is 2.38. The zero-order valence-electron chi connectivity index (χ0n) is 11.4. The molecule has 2 heteroatoms.